The van der Waals surface area contributed by atoms with Crippen LogP contribution in [0.15, 0.2) is 89.8 Å². The molecule has 4 aromatic rings. The molecule has 0 bridgehead atoms. The Balaban J connectivity index is 1.85. The van der Waals surface area contributed by atoms with Crippen LogP contribution >= 0.6 is 0 Å². The van der Waals surface area contributed by atoms with Crippen LogP contribution in [0.1, 0.15) is 0 Å². The monoisotopic (exact) mass is 374 g/mol. The van der Waals surface area contributed by atoms with Gasteiger partial charge < -0.3 is 0 Å². The zero-order valence-electron chi connectivity index (χ0n) is 14.1. The summed E-state index contributed by atoms with van der Waals surface area (Å²) in [7, 11) is -3.83. The minimum atomic E-state index is -3.83. The summed E-state index contributed by atoms with van der Waals surface area (Å²) in [6, 6.07) is 25.7. The van der Waals surface area contributed by atoms with E-state index in [4.69, 9.17) is 0 Å². The first kappa shape index (κ1) is 15.8. The molecule has 3 aromatic carbocycles. The van der Waals surface area contributed by atoms with E-state index in [9.17, 15) is 8.42 Å². The molecule has 1 aliphatic heterocycles. The zero-order chi connectivity index (χ0) is 18.4. The molecule has 0 fully saturated rings. The molecule has 1 aromatic heterocycles. The van der Waals surface area contributed by atoms with Crippen LogP contribution < -0.4 is 4.90 Å². The number of hydrogen-bond donors (Lipinski definition) is 0. The fourth-order valence-corrected chi connectivity index (χ4v) is 4.86. The maximum absolute atomic E-state index is 13.4. The molecular formula is C20H14N4O2S. The van der Waals surface area contributed by atoms with Crippen LogP contribution in [0.25, 0.3) is 11.4 Å². The Labute approximate surface area is 156 Å². The van der Waals surface area contributed by atoms with Crippen LogP contribution in [0, 0.1) is 0 Å². The van der Waals surface area contributed by atoms with Gasteiger partial charge in [-0.1, -0.05) is 60.7 Å². The van der Waals surface area contributed by atoms with Crippen molar-refractivity contribution in [3.05, 3.63) is 84.9 Å². The molecule has 0 saturated heterocycles. The number of nitrogens with zero attached hydrogens (tertiary/aromatic N) is 4. The van der Waals surface area contributed by atoms with Gasteiger partial charge in [0.15, 0.2) is 5.82 Å². The van der Waals surface area contributed by atoms with E-state index < -0.39 is 10.0 Å². The lowest BCUT2D eigenvalue weighted by atomic mass is 10.2. The van der Waals surface area contributed by atoms with Crippen LogP contribution in [0.2, 0.25) is 0 Å². The summed E-state index contributed by atoms with van der Waals surface area (Å²) in [5.74, 6) is 0.541. The molecule has 0 spiro atoms. The predicted molar refractivity (Wildman–Crippen MR) is 103 cm³/mol. The lowest BCUT2D eigenvalue weighted by Crippen LogP contribution is -2.28. The first-order chi connectivity index (χ1) is 13.2. The number of rotatable bonds is 2. The zero-order valence-corrected chi connectivity index (χ0v) is 14.9. The van der Waals surface area contributed by atoms with E-state index in [0.29, 0.717) is 17.1 Å². The summed E-state index contributed by atoms with van der Waals surface area (Å²) in [6.07, 6.45) is 0. The quantitative estimate of drug-likeness (QED) is 0.468. The molecule has 0 N–H and O–H groups in total. The van der Waals surface area contributed by atoms with Gasteiger partial charge in [-0.2, -0.15) is 3.97 Å². The topological polar surface area (TPSA) is 68.1 Å². The smallest absolute Gasteiger partial charge is 0.274 e. The highest BCUT2D eigenvalue weighted by molar-refractivity contribution is 7.90. The number of fused-ring (bicyclic) bond motifs is 2. The summed E-state index contributed by atoms with van der Waals surface area (Å²) >= 11 is 0. The van der Waals surface area contributed by atoms with E-state index in [0.717, 1.165) is 5.69 Å². The average molecular weight is 374 g/mol. The first-order valence-corrected chi connectivity index (χ1v) is 9.82. The molecule has 7 heteroatoms. The number of benzene rings is 3. The van der Waals surface area contributed by atoms with Crippen molar-refractivity contribution in [2.45, 2.75) is 4.90 Å². The van der Waals surface area contributed by atoms with Crippen LogP contribution in [0.3, 0.4) is 0 Å². The second kappa shape index (κ2) is 5.78. The number of aromatic nitrogens is 3. The molecule has 0 aliphatic carbocycles. The van der Waals surface area contributed by atoms with Crippen molar-refractivity contribution in [3.63, 3.8) is 0 Å². The Morgan fingerprint density at radius 3 is 2.07 bits per heavy atom. The Hall–Kier alpha value is -3.45. The Morgan fingerprint density at radius 2 is 1.33 bits per heavy atom. The largest absolute Gasteiger partial charge is 0.277 e. The second-order valence-electron chi connectivity index (χ2n) is 6.10. The van der Waals surface area contributed by atoms with E-state index in [1.165, 1.54) is 3.97 Å². The lowest BCUT2D eigenvalue weighted by Gasteiger charge is -2.30. The molecule has 0 amide bonds. The van der Waals surface area contributed by atoms with Crippen LogP contribution in [-0.4, -0.2) is 22.6 Å². The van der Waals surface area contributed by atoms with Crippen molar-refractivity contribution in [3.8, 4) is 11.4 Å². The van der Waals surface area contributed by atoms with E-state index in [1.807, 2.05) is 71.6 Å². The maximum atomic E-state index is 13.4. The highest BCUT2D eigenvalue weighted by Crippen LogP contribution is 2.44. The summed E-state index contributed by atoms with van der Waals surface area (Å²) in [5.41, 5.74) is 2.06. The Kier molecular flexibility index (Phi) is 3.38. The van der Waals surface area contributed by atoms with Crippen molar-refractivity contribution in [1.29, 1.82) is 0 Å². The minimum absolute atomic E-state index is 0.221. The average Bonchev–Trinajstić information content (AvgIpc) is 3.16. The molecule has 0 radical (unpaired) electrons. The second-order valence-corrected chi connectivity index (χ2v) is 7.85. The van der Waals surface area contributed by atoms with Gasteiger partial charge >= 0.3 is 0 Å². The van der Waals surface area contributed by atoms with Crippen molar-refractivity contribution in [2.24, 2.45) is 0 Å². The van der Waals surface area contributed by atoms with Gasteiger partial charge in [0.25, 0.3) is 16.0 Å². The molecule has 5 rings (SSSR count). The first-order valence-electron chi connectivity index (χ1n) is 8.38. The fourth-order valence-electron chi connectivity index (χ4n) is 3.28. The van der Waals surface area contributed by atoms with Gasteiger partial charge in [0.05, 0.1) is 5.69 Å². The molecule has 0 saturated carbocycles. The highest BCUT2D eigenvalue weighted by Gasteiger charge is 2.38. The van der Waals surface area contributed by atoms with Gasteiger partial charge in [-0.15, -0.1) is 10.2 Å². The van der Waals surface area contributed by atoms with Gasteiger partial charge in [-0.05, 0) is 24.3 Å². The van der Waals surface area contributed by atoms with Crippen molar-refractivity contribution in [2.75, 3.05) is 4.90 Å². The Bertz CT molecular complexity index is 1240. The summed E-state index contributed by atoms with van der Waals surface area (Å²) in [6.45, 7) is 0. The van der Waals surface area contributed by atoms with Crippen LogP contribution in [0.5, 0.6) is 0 Å². The van der Waals surface area contributed by atoms with Gasteiger partial charge in [0, 0.05) is 11.3 Å². The summed E-state index contributed by atoms with van der Waals surface area (Å²) < 4.78 is 28.0. The van der Waals surface area contributed by atoms with Gasteiger partial charge in [0.1, 0.15) is 4.90 Å². The lowest BCUT2D eigenvalue weighted by molar-refractivity contribution is 0.586. The van der Waals surface area contributed by atoms with Crippen molar-refractivity contribution >= 4 is 27.3 Å². The van der Waals surface area contributed by atoms with Gasteiger partial charge in [-0.25, -0.2) is 8.42 Å². The molecule has 6 nitrogen and oxygen atoms in total. The van der Waals surface area contributed by atoms with Gasteiger partial charge in [-0.3, -0.25) is 4.90 Å². The van der Waals surface area contributed by atoms with Crippen molar-refractivity contribution < 1.29 is 8.42 Å². The molecule has 27 heavy (non-hydrogen) atoms. The molecule has 132 valence electrons. The van der Waals surface area contributed by atoms with Crippen LogP contribution in [-0.2, 0) is 10.0 Å². The summed E-state index contributed by atoms with van der Waals surface area (Å²) in [4.78, 5) is 2.04. The number of para-hydroxylation sites is 2. The number of anilines is 3. The normalized spacial score (nSPS) is 14.4. The molecular weight excluding hydrogens is 360 g/mol. The standard InChI is InChI=1S/C20H14N4O2S/c25-27(26)18-14-8-7-13-17(18)23(16-11-5-2-6-12-16)20-22-21-19(24(20)27)15-9-3-1-4-10-15/h1-14H. The van der Waals surface area contributed by atoms with E-state index in [2.05, 4.69) is 10.2 Å². The SMILES string of the molecule is O=S1(=O)c2ccccc2N(c2ccccc2)c2nnc(-c3ccccc3)n21. The third kappa shape index (κ3) is 2.29. The fraction of sp³-hybridized carbons (Fsp3) is 0. The third-order valence-corrected chi connectivity index (χ3v) is 6.20. The van der Waals surface area contributed by atoms with Crippen LogP contribution in [0.4, 0.5) is 17.3 Å². The van der Waals surface area contributed by atoms with E-state index in [1.54, 1.807) is 18.2 Å². The maximum Gasteiger partial charge on any atom is 0.274 e. The minimum Gasteiger partial charge on any atom is -0.277 e. The van der Waals surface area contributed by atoms with E-state index >= 15 is 0 Å². The third-order valence-electron chi connectivity index (χ3n) is 4.48. The summed E-state index contributed by atoms with van der Waals surface area (Å²) in [5, 5.41) is 8.46. The van der Waals surface area contributed by atoms with E-state index in [-0.39, 0.29) is 10.8 Å². The predicted octanol–water partition coefficient (Wildman–Crippen LogP) is 3.97. The Morgan fingerprint density at radius 1 is 0.704 bits per heavy atom. The molecule has 2 heterocycles. The van der Waals surface area contributed by atoms with Crippen molar-refractivity contribution in [1.82, 2.24) is 14.2 Å². The van der Waals surface area contributed by atoms with Gasteiger partial charge in [0.2, 0.25) is 0 Å². The molecule has 0 atom stereocenters. The highest BCUT2D eigenvalue weighted by atomic mass is 32.2. The number of hydrogen-bond acceptors (Lipinski definition) is 5. The molecule has 0 unspecified atom stereocenters. The molecule has 1 aliphatic rings.